The fourth-order valence-corrected chi connectivity index (χ4v) is 2.52. The Bertz CT molecular complexity index is 700. The summed E-state index contributed by atoms with van der Waals surface area (Å²) < 4.78 is 0. The molecule has 3 N–H and O–H groups in total. The van der Waals surface area contributed by atoms with Gasteiger partial charge < -0.3 is 15.4 Å². The maximum Gasteiger partial charge on any atom is 0.106 e. The van der Waals surface area contributed by atoms with Crippen LogP contribution in [0.3, 0.4) is 0 Å². The summed E-state index contributed by atoms with van der Waals surface area (Å²) in [4.78, 5) is 3.20. The number of aromatic amines is 1. The molecule has 0 spiro atoms. The Balaban J connectivity index is 1.93. The van der Waals surface area contributed by atoms with Crippen molar-refractivity contribution in [3.8, 4) is 0 Å². The minimum absolute atomic E-state index is 0.602. The highest BCUT2D eigenvalue weighted by Crippen LogP contribution is 2.28. The van der Waals surface area contributed by atoms with E-state index in [1.807, 2.05) is 61.8 Å². The van der Waals surface area contributed by atoms with Gasteiger partial charge in [-0.05, 0) is 24.2 Å². The first kappa shape index (κ1) is 12.9. The molecule has 20 heavy (non-hydrogen) atoms. The monoisotopic (exact) mass is 266 g/mol. The van der Waals surface area contributed by atoms with Crippen LogP contribution in [0.15, 0.2) is 54.7 Å². The van der Waals surface area contributed by atoms with Crippen molar-refractivity contribution in [3.63, 3.8) is 0 Å². The molecule has 1 unspecified atom stereocenters. The normalized spacial score (nSPS) is 12.7. The number of H-pyrrole nitrogens is 1. The molecule has 0 saturated carbocycles. The zero-order chi connectivity index (χ0) is 13.9. The summed E-state index contributed by atoms with van der Waals surface area (Å²) in [5.74, 6) is 0. The van der Waals surface area contributed by atoms with Crippen molar-refractivity contribution in [1.29, 1.82) is 0 Å². The van der Waals surface area contributed by atoms with Gasteiger partial charge in [-0.25, -0.2) is 0 Å². The first-order valence-corrected chi connectivity index (χ1v) is 6.77. The van der Waals surface area contributed by atoms with Crippen LogP contribution in [0, 0.1) is 0 Å². The molecule has 0 aliphatic carbocycles. The largest absolute Gasteiger partial charge is 0.384 e. The zero-order valence-electron chi connectivity index (χ0n) is 11.4. The molecule has 3 aromatic rings. The zero-order valence-corrected chi connectivity index (χ0v) is 11.4. The lowest BCUT2D eigenvalue weighted by Gasteiger charge is -2.11. The van der Waals surface area contributed by atoms with Crippen molar-refractivity contribution >= 4 is 10.9 Å². The van der Waals surface area contributed by atoms with E-state index >= 15 is 0 Å². The van der Waals surface area contributed by atoms with Crippen molar-refractivity contribution in [2.45, 2.75) is 12.6 Å². The molecule has 2 aromatic carbocycles. The summed E-state index contributed by atoms with van der Waals surface area (Å²) in [6.07, 6.45) is 1.28. The van der Waals surface area contributed by atoms with Crippen LogP contribution in [0.5, 0.6) is 0 Å². The fraction of sp³-hybridized carbons (Fsp3) is 0.176. The van der Waals surface area contributed by atoms with E-state index in [-0.39, 0.29) is 0 Å². The van der Waals surface area contributed by atoms with Crippen LogP contribution in [0.4, 0.5) is 0 Å². The second-order valence-electron chi connectivity index (χ2n) is 4.96. The summed E-state index contributed by atoms with van der Waals surface area (Å²) in [6.45, 7) is 0.837. The van der Waals surface area contributed by atoms with Crippen molar-refractivity contribution in [2.24, 2.45) is 0 Å². The number of hydrogen-bond donors (Lipinski definition) is 3. The fourth-order valence-electron chi connectivity index (χ4n) is 2.52. The predicted molar refractivity (Wildman–Crippen MR) is 81.6 cm³/mol. The van der Waals surface area contributed by atoms with Gasteiger partial charge in [0.05, 0.1) is 0 Å². The predicted octanol–water partition coefficient (Wildman–Crippen LogP) is 2.97. The van der Waals surface area contributed by atoms with E-state index in [0.717, 1.165) is 28.6 Å². The lowest BCUT2D eigenvalue weighted by Crippen LogP contribution is -2.05. The Kier molecular flexibility index (Phi) is 3.54. The number of benzene rings is 2. The molecular formula is C17H18N2O. The number of hydrogen-bond acceptors (Lipinski definition) is 2. The van der Waals surface area contributed by atoms with E-state index < -0.39 is 6.10 Å². The van der Waals surface area contributed by atoms with E-state index in [0.29, 0.717) is 0 Å². The summed E-state index contributed by atoms with van der Waals surface area (Å²) >= 11 is 0. The van der Waals surface area contributed by atoms with Gasteiger partial charge in [-0.1, -0.05) is 42.5 Å². The van der Waals surface area contributed by atoms with Crippen LogP contribution >= 0.6 is 0 Å². The standard InChI is InChI=1S/C17H18N2O/c1-18-10-12-6-8-13(9-7-12)17(20)15-11-19-16-5-3-2-4-14(15)16/h2-9,11,17-20H,10H2,1H3. The summed E-state index contributed by atoms with van der Waals surface area (Å²) in [7, 11) is 1.93. The first-order valence-electron chi connectivity index (χ1n) is 6.77. The van der Waals surface area contributed by atoms with Crippen molar-refractivity contribution in [3.05, 3.63) is 71.4 Å². The van der Waals surface area contributed by atoms with Crippen LogP contribution in [0.2, 0.25) is 0 Å². The Labute approximate surface area is 118 Å². The molecule has 0 aliphatic rings. The maximum absolute atomic E-state index is 10.6. The van der Waals surface area contributed by atoms with Gasteiger partial charge in [-0.15, -0.1) is 0 Å². The minimum atomic E-state index is -0.602. The Hall–Kier alpha value is -2.10. The molecule has 3 heteroatoms. The molecular weight excluding hydrogens is 248 g/mol. The summed E-state index contributed by atoms with van der Waals surface area (Å²) in [5, 5.41) is 14.7. The Morgan fingerprint density at radius 1 is 1.10 bits per heavy atom. The second-order valence-corrected chi connectivity index (χ2v) is 4.96. The molecule has 0 amide bonds. The lowest BCUT2D eigenvalue weighted by molar-refractivity contribution is 0.222. The lowest BCUT2D eigenvalue weighted by atomic mass is 10.00. The van der Waals surface area contributed by atoms with Crippen molar-refractivity contribution in [2.75, 3.05) is 7.05 Å². The van der Waals surface area contributed by atoms with E-state index in [2.05, 4.69) is 10.3 Å². The highest BCUT2D eigenvalue weighted by Gasteiger charge is 2.14. The molecule has 1 heterocycles. The van der Waals surface area contributed by atoms with Gasteiger partial charge in [-0.3, -0.25) is 0 Å². The average molecular weight is 266 g/mol. The van der Waals surface area contributed by atoms with E-state index in [1.165, 1.54) is 5.56 Å². The molecule has 1 atom stereocenters. The molecule has 3 nitrogen and oxygen atoms in total. The molecule has 3 rings (SSSR count). The van der Waals surface area contributed by atoms with Crippen LogP contribution in [-0.4, -0.2) is 17.1 Å². The van der Waals surface area contributed by atoms with Gasteiger partial charge >= 0.3 is 0 Å². The van der Waals surface area contributed by atoms with Crippen LogP contribution in [0.1, 0.15) is 22.8 Å². The second kappa shape index (κ2) is 5.49. The molecule has 1 aromatic heterocycles. The van der Waals surface area contributed by atoms with Gasteiger partial charge in [0.2, 0.25) is 0 Å². The van der Waals surface area contributed by atoms with Crippen molar-refractivity contribution < 1.29 is 5.11 Å². The number of nitrogens with one attached hydrogen (secondary N) is 2. The molecule has 102 valence electrons. The maximum atomic E-state index is 10.6. The highest BCUT2D eigenvalue weighted by molar-refractivity contribution is 5.83. The number of aliphatic hydroxyl groups excluding tert-OH is 1. The van der Waals surface area contributed by atoms with Crippen LogP contribution in [-0.2, 0) is 6.54 Å². The molecule has 0 aliphatic heterocycles. The van der Waals surface area contributed by atoms with Crippen LogP contribution < -0.4 is 5.32 Å². The van der Waals surface area contributed by atoms with Gasteiger partial charge in [-0.2, -0.15) is 0 Å². The Morgan fingerprint density at radius 3 is 2.60 bits per heavy atom. The van der Waals surface area contributed by atoms with Gasteiger partial charge in [0, 0.05) is 29.2 Å². The average Bonchev–Trinajstić information content (AvgIpc) is 2.92. The third kappa shape index (κ3) is 2.33. The van der Waals surface area contributed by atoms with Gasteiger partial charge in [0.25, 0.3) is 0 Å². The summed E-state index contributed by atoms with van der Waals surface area (Å²) in [6, 6.07) is 16.1. The number of para-hydroxylation sites is 1. The summed E-state index contributed by atoms with van der Waals surface area (Å²) in [5.41, 5.74) is 4.09. The topological polar surface area (TPSA) is 48.0 Å². The SMILES string of the molecule is CNCc1ccc(C(O)c2c[nH]c3ccccc23)cc1. The molecule has 0 fully saturated rings. The quantitative estimate of drug-likeness (QED) is 0.680. The number of aliphatic hydroxyl groups is 1. The van der Waals surface area contributed by atoms with Gasteiger partial charge in [0.15, 0.2) is 0 Å². The first-order chi connectivity index (χ1) is 9.79. The molecule has 0 radical (unpaired) electrons. The number of fused-ring (bicyclic) bond motifs is 1. The third-order valence-electron chi connectivity index (χ3n) is 3.59. The van der Waals surface area contributed by atoms with Crippen molar-refractivity contribution in [1.82, 2.24) is 10.3 Å². The minimum Gasteiger partial charge on any atom is -0.384 e. The smallest absolute Gasteiger partial charge is 0.106 e. The van der Waals surface area contributed by atoms with Crippen LogP contribution in [0.25, 0.3) is 10.9 Å². The van der Waals surface area contributed by atoms with E-state index in [4.69, 9.17) is 0 Å². The van der Waals surface area contributed by atoms with E-state index in [1.54, 1.807) is 0 Å². The van der Waals surface area contributed by atoms with Gasteiger partial charge in [0.1, 0.15) is 6.10 Å². The highest BCUT2D eigenvalue weighted by atomic mass is 16.3. The Morgan fingerprint density at radius 2 is 1.85 bits per heavy atom. The third-order valence-corrected chi connectivity index (χ3v) is 3.59. The number of rotatable bonds is 4. The molecule has 0 saturated heterocycles. The van der Waals surface area contributed by atoms with E-state index in [9.17, 15) is 5.11 Å². The molecule has 0 bridgehead atoms. The number of aromatic nitrogens is 1.